The maximum Gasteiger partial charge on any atom is 0.194 e. The number of aromatic nitrogens is 2. The number of aryl methyl sites for hydroxylation is 1. The molecule has 0 atom stereocenters. The smallest absolute Gasteiger partial charge is 0.194 e. The molecule has 0 radical (unpaired) electrons. The molecule has 4 rings (SSSR count). The second-order valence-electron chi connectivity index (χ2n) is 5.28. The van der Waals surface area contributed by atoms with Gasteiger partial charge in [0.05, 0.1) is 11.4 Å². The van der Waals surface area contributed by atoms with E-state index in [1.54, 1.807) is 11.3 Å². The van der Waals surface area contributed by atoms with Gasteiger partial charge in [-0.05, 0) is 31.7 Å². The summed E-state index contributed by atoms with van der Waals surface area (Å²) in [5, 5.41) is 2.13. The summed E-state index contributed by atoms with van der Waals surface area (Å²) >= 11 is 1.65. The van der Waals surface area contributed by atoms with Gasteiger partial charge in [-0.3, -0.25) is 4.40 Å². The van der Waals surface area contributed by atoms with Crippen LogP contribution in [0.3, 0.4) is 0 Å². The van der Waals surface area contributed by atoms with Gasteiger partial charge in [-0.2, -0.15) is 0 Å². The van der Waals surface area contributed by atoms with Gasteiger partial charge in [0.25, 0.3) is 0 Å². The fourth-order valence-electron chi connectivity index (χ4n) is 2.85. The molecule has 0 spiro atoms. The average molecular weight is 315 g/mol. The van der Waals surface area contributed by atoms with Gasteiger partial charge in [-0.1, -0.05) is 0 Å². The molecule has 0 fully saturated rings. The van der Waals surface area contributed by atoms with Crippen LogP contribution >= 0.6 is 11.3 Å². The molecule has 1 aliphatic rings. The molecule has 0 aliphatic carbocycles. The summed E-state index contributed by atoms with van der Waals surface area (Å²) in [6, 6.07) is 6.08. The highest BCUT2D eigenvalue weighted by Crippen LogP contribution is 2.36. The van der Waals surface area contributed by atoms with E-state index in [0.29, 0.717) is 19.8 Å². The van der Waals surface area contributed by atoms with Crippen LogP contribution in [0.4, 0.5) is 0 Å². The zero-order valence-corrected chi connectivity index (χ0v) is 13.2. The second kappa shape index (κ2) is 5.30. The number of thiazole rings is 1. The van der Waals surface area contributed by atoms with E-state index in [1.807, 2.05) is 19.1 Å². The Morgan fingerprint density at radius 2 is 2.09 bits per heavy atom. The summed E-state index contributed by atoms with van der Waals surface area (Å²) in [5.41, 5.74) is 10.2. The van der Waals surface area contributed by atoms with E-state index in [-0.39, 0.29) is 0 Å². The number of nitrogens with two attached hydrogens (primary N) is 1. The van der Waals surface area contributed by atoms with E-state index in [9.17, 15) is 0 Å². The second-order valence-corrected chi connectivity index (χ2v) is 6.12. The molecule has 3 aromatic rings. The molecular formula is C16H17N3O2S. The van der Waals surface area contributed by atoms with E-state index in [1.165, 1.54) is 5.69 Å². The molecule has 0 amide bonds. The third-order valence-corrected chi connectivity index (χ3v) is 4.70. The average Bonchev–Trinajstić information content (AvgIpc) is 3.07. The number of rotatable bonds is 3. The first-order chi connectivity index (χ1) is 10.8. The Kier molecular flexibility index (Phi) is 3.28. The van der Waals surface area contributed by atoms with Crippen LogP contribution in [0.25, 0.3) is 16.2 Å². The molecule has 0 saturated carbocycles. The Hall–Kier alpha value is -2.05. The van der Waals surface area contributed by atoms with Crippen molar-refractivity contribution in [3.8, 4) is 22.8 Å². The van der Waals surface area contributed by atoms with Crippen molar-refractivity contribution in [2.24, 2.45) is 5.73 Å². The van der Waals surface area contributed by atoms with Gasteiger partial charge in [0.1, 0.15) is 13.2 Å². The fraction of sp³-hybridized carbons (Fsp3) is 0.312. The van der Waals surface area contributed by atoms with Gasteiger partial charge in [-0.25, -0.2) is 4.98 Å². The van der Waals surface area contributed by atoms with Crippen molar-refractivity contribution in [2.75, 3.05) is 19.8 Å². The molecule has 0 bridgehead atoms. The molecule has 114 valence electrons. The van der Waals surface area contributed by atoms with E-state index < -0.39 is 0 Å². The number of fused-ring (bicyclic) bond motifs is 2. The van der Waals surface area contributed by atoms with Gasteiger partial charge in [0.15, 0.2) is 16.5 Å². The molecule has 0 unspecified atom stereocenters. The molecule has 22 heavy (non-hydrogen) atoms. The lowest BCUT2D eigenvalue weighted by Gasteiger charge is -2.18. The summed E-state index contributed by atoms with van der Waals surface area (Å²) in [6.45, 7) is 3.86. The quantitative estimate of drug-likeness (QED) is 0.807. The molecular weight excluding hydrogens is 298 g/mol. The van der Waals surface area contributed by atoms with Crippen molar-refractivity contribution >= 4 is 16.3 Å². The number of hydrogen-bond donors (Lipinski definition) is 1. The van der Waals surface area contributed by atoms with Gasteiger partial charge in [0.2, 0.25) is 0 Å². The summed E-state index contributed by atoms with van der Waals surface area (Å²) < 4.78 is 13.5. The Morgan fingerprint density at radius 1 is 1.27 bits per heavy atom. The predicted molar refractivity (Wildman–Crippen MR) is 87.0 cm³/mol. The normalized spacial score (nSPS) is 13.7. The minimum atomic E-state index is 0.595. The minimum absolute atomic E-state index is 0.595. The summed E-state index contributed by atoms with van der Waals surface area (Å²) in [5.74, 6) is 1.62. The van der Waals surface area contributed by atoms with E-state index >= 15 is 0 Å². The number of hydrogen-bond acceptors (Lipinski definition) is 5. The summed E-state index contributed by atoms with van der Waals surface area (Å²) in [4.78, 5) is 5.64. The number of imidazole rings is 1. The van der Waals surface area contributed by atoms with Crippen molar-refractivity contribution in [1.29, 1.82) is 0 Å². The predicted octanol–water partition coefficient (Wildman–Crippen LogP) is 2.64. The molecule has 5 nitrogen and oxygen atoms in total. The molecule has 2 aromatic heterocycles. The number of benzene rings is 1. The Balaban J connectivity index is 1.87. The molecule has 3 heterocycles. The monoisotopic (exact) mass is 315 g/mol. The van der Waals surface area contributed by atoms with Crippen LogP contribution in [0.2, 0.25) is 0 Å². The summed E-state index contributed by atoms with van der Waals surface area (Å²) in [6.07, 6.45) is 0.821. The van der Waals surface area contributed by atoms with Crippen molar-refractivity contribution < 1.29 is 9.47 Å². The molecule has 2 N–H and O–H groups in total. The topological polar surface area (TPSA) is 61.8 Å². The van der Waals surface area contributed by atoms with Crippen LogP contribution in [0, 0.1) is 6.92 Å². The molecule has 1 aliphatic heterocycles. The Bertz CT molecular complexity index is 837. The van der Waals surface area contributed by atoms with Crippen molar-refractivity contribution in [3.05, 3.63) is 35.0 Å². The van der Waals surface area contributed by atoms with Gasteiger partial charge in [-0.15, -0.1) is 11.3 Å². The van der Waals surface area contributed by atoms with Crippen LogP contribution in [-0.4, -0.2) is 29.1 Å². The van der Waals surface area contributed by atoms with Gasteiger partial charge >= 0.3 is 0 Å². The largest absolute Gasteiger partial charge is 0.486 e. The highest BCUT2D eigenvalue weighted by Gasteiger charge is 2.17. The third kappa shape index (κ3) is 2.07. The molecule has 0 saturated heterocycles. The van der Waals surface area contributed by atoms with Crippen LogP contribution in [-0.2, 0) is 6.42 Å². The molecule has 6 heteroatoms. The lowest BCUT2D eigenvalue weighted by atomic mass is 10.1. The van der Waals surface area contributed by atoms with Crippen LogP contribution in [0.1, 0.15) is 11.4 Å². The highest BCUT2D eigenvalue weighted by molar-refractivity contribution is 7.15. The van der Waals surface area contributed by atoms with Crippen LogP contribution in [0.15, 0.2) is 23.6 Å². The third-order valence-electron chi connectivity index (χ3n) is 3.88. The number of nitrogens with zero attached hydrogens (tertiary/aromatic N) is 2. The zero-order valence-electron chi connectivity index (χ0n) is 12.3. The van der Waals surface area contributed by atoms with Crippen LogP contribution in [0.5, 0.6) is 11.5 Å². The standard InChI is InChI=1S/C16H17N3O2S/c1-10-12(4-5-17)19-13(9-22-16(19)18-10)11-2-3-14-15(8-11)21-7-6-20-14/h2-3,8-9H,4-7,17H2,1H3. The highest BCUT2D eigenvalue weighted by atomic mass is 32.1. The van der Waals surface area contributed by atoms with Crippen molar-refractivity contribution in [1.82, 2.24) is 9.38 Å². The Labute approximate surface area is 132 Å². The van der Waals surface area contributed by atoms with E-state index in [0.717, 1.165) is 39.8 Å². The van der Waals surface area contributed by atoms with Gasteiger partial charge in [0, 0.05) is 23.1 Å². The minimum Gasteiger partial charge on any atom is -0.486 e. The molecule has 1 aromatic carbocycles. The van der Waals surface area contributed by atoms with E-state index in [2.05, 4.69) is 20.8 Å². The first-order valence-electron chi connectivity index (χ1n) is 7.33. The SMILES string of the molecule is Cc1nc2scc(-c3ccc4c(c3)OCCO4)n2c1CCN. The fourth-order valence-corrected chi connectivity index (χ4v) is 3.82. The van der Waals surface area contributed by atoms with E-state index in [4.69, 9.17) is 15.2 Å². The number of ether oxygens (including phenoxy) is 2. The van der Waals surface area contributed by atoms with Crippen molar-refractivity contribution in [2.45, 2.75) is 13.3 Å². The maximum absolute atomic E-state index is 5.75. The lowest BCUT2D eigenvalue weighted by Crippen LogP contribution is -2.15. The van der Waals surface area contributed by atoms with Crippen molar-refractivity contribution in [3.63, 3.8) is 0 Å². The first kappa shape index (κ1) is 13.6. The van der Waals surface area contributed by atoms with Crippen LogP contribution < -0.4 is 15.2 Å². The maximum atomic E-state index is 5.75. The zero-order chi connectivity index (χ0) is 15.1. The first-order valence-corrected chi connectivity index (χ1v) is 8.21. The Morgan fingerprint density at radius 3 is 2.91 bits per heavy atom. The summed E-state index contributed by atoms with van der Waals surface area (Å²) in [7, 11) is 0. The lowest BCUT2D eigenvalue weighted by molar-refractivity contribution is 0.171. The van der Waals surface area contributed by atoms with Gasteiger partial charge < -0.3 is 15.2 Å².